The highest BCUT2D eigenvalue weighted by Crippen LogP contribution is 2.05. The van der Waals surface area contributed by atoms with Gasteiger partial charge in [-0.25, -0.2) is 0 Å². The summed E-state index contributed by atoms with van der Waals surface area (Å²) in [6.07, 6.45) is 0. The molecule has 0 unspecified atom stereocenters. The van der Waals surface area contributed by atoms with Crippen molar-refractivity contribution in [2.75, 3.05) is 6.54 Å². The number of amides is 2. The molecule has 1 aromatic rings. The van der Waals surface area contributed by atoms with Gasteiger partial charge in [-0.1, -0.05) is 29.8 Å². The summed E-state index contributed by atoms with van der Waals surface area (Å²) < 4.78 is 0. The maximum atomic E-state index is 11.8. The fourth-order valence-electron chi connectivity index (χ4n) is 1.42. The quantitative estimate of drug-likeness (QED) is 0.745. The number of carbonyl (C=O) groups excluding carboxylic acids is 3. The zero-order valence-corrected chi connectivity index (χ0v) is 10.2. The molecule has 0 bridgehead atoms. The molecule has 17 heavy (non-hydrogen) atoms. The average Bonchev–Trinajstić information content (AvgIpc) is 2.25. The normalized spacial score (nSPS) is 9.82. The van der Waals surface area contributed by atoms with Crippen LogP contribution in [0.1, 0.15) is 29.8 Å². The third-order valence-corrected chi connectivity index (χ3v) is 2.44. The number of nitrogens with zero attached hydrogens (tertiary/aromatic N) is 1. The van der Waals surface area contributed by atoms with Crippen molar-refractivity contribution in [3.8, 4) is 0 Å². The largest absolute Gasteiger partial charge is 0.292 e. The van der Waals surface area contributed by atoms with Gasteiger partial charge in [-0.15, -0.1) is 0 Å². The van der Waals surface area contributed by atoms with Crippen LogP contribution < -0.4 is 0 Å². The van der Waals surface area contributed by atoms with Crippen LogP contribution in [-0.4, -0.2) is 29.0 Å². The molecule has 4 heteroatoms. The van der Waals surface area contributed by atoms with Crippen molar-refractivity contribution >= 4 is 17.6 Å². The lowest BCUT2D eigenvalue weighted by Crippen LogP contribution is -2.37. The second-order valence-electron chi connectivity index (χ2n) is 3.91. The molecule has 4 nitrogen and oxygen atoms in total. The van der Waals surface area contributed by atoms with Gasteiger partial charge >= 0.3 is 0 Å². The highest BCUT2D eigenvalue weighted by atomic mass is 16.2. The van der Waals surface area contributed by atoms with Gasteiger partial charge in [0.15, 0.2) is 5.78 Å². The Balaban J connectivity index is 2.81. The Morgan fingerprint density at radius 2 is 1.47 bits per heavy atom. The molecule has 0 N–H and O–H groups in total. The van der Waals surface area contributed by atoms with Crippen LogP contribution in [0.5, 0.6) is 0 Å². The van der Waals surface area contributed by atoms with Crippen LogP contribution in [-0.2, 0) is 9.59 Å². The number of benzene rings is 1. The first-order valence-corrected chi connectivity index (χ1v) is 5.30. The van der Waals surface area contributed by atoms with Gasteiger partial charge in [0, 0.05) is 19.4 Å². The molecule has 0 aliphatic heterocycles. The Morgan fingerprint density at radius 1 is 1.00 bits per heavy atom. The molecule has 0 aromatic heterocycles. The van der Waals surface area contributed by atoms with Crippen molar-refractivity contribution in [1.82, 2.24) is 4.90 Å². The molecule has 0 atom stereocenters. The number of carbonyl (C=O) groups is 3. The highest BCUT2D eigenvalue weighted by Gasteiger charge is 2.18. The molecule has 90 valence electrons. The Morgan fingerprint density at radius 3 is 1.88 bits per heavy atom. The minimum atomic E-state index is -0.419. The van der Waals surface area contributed by atoms with Crippen LogP contribution >= 0.6 is 0 Å². The third-order valence-electron chi connectivity index (χ3n) is 2.44. The monoisotopic (exact) mass is 233 g/mol. The topological polar surface area (TPSA) is 54.5 Å². The van der Waals surface area contributed by atoms with Gasteiger partial charge in [0.2, 0.25) is 11.8 Å². The number of ketones is 1. The summed E-state index contributed by atoms with van der Waals surface area (Å²) >= 11 is 0. The summed E-state index contributed by atoms with van der Waals surface area (Å²) in [5, 5.41) is 0. The molecule has 1 aromatic carbocycles. The Hall–Kier alpha value is -1.97. The van der Waals surface area contributed by atoms with Gasteiger partial charge in [0.1, 0.15) is 0 Å². The van der Waals surface area contributed by atoms with Crippen LogP contribution in [0.4, 0.5) is 0 Å². The summed E-state index contributed by atoms with van der Waals surface area (Å²) in [6, 6.07) is 7.02. The van der Waals surface area contributed by atoms with E-state index in [4.69, 9.17) is 0 Å². The number of aryl methyl sites for hydroxylation is 1. The van der Waals surface area contributed by atoms with Crippen molar-refractivity contribution < 1.29 is 14.4 Å². The van der Waals surface area contributed by atoms with E-state index in [1.165, 1.54) is 13.8 Å². The molecular weight excluding hydrogens is 218 g/mol. The molecule has 1 rings (SSSR count). The summed E-state index contributed by atoms with van der Waals surface area (Å²) in [4.78, 5) is 35.1. The maximum absolute atomic E-state index is 11.8. The van der Waals surface area contributed by atoms with E-state index in [9.17, 15) is 14.4 Å². The molecule has 0 saturated carbocycles. The molecule has 0 radical (unpaired) electrons. The van der Waals surface area contributed by atoms with Crippen molar-refractivity contribution in [3.63, 3.8) is 0 Å². The Bertz CT molecular complexity index is 434. The van der Waals surface area contributed by atoms with Gasteiger partial charge in [-0.2, -0.15) is 0 Å². The summed E-state index contributed by atoms with van der Waals surface area (Å²) in [6.45, 7) is 4.26. The number of imide groups is 1. The van der Waals surface area contributed by atoms with Crippen LogP contribution in [0.3, 0.4) is 0 Å². The molecule has 0 saturated heterocycles. The lowest BCUT2D eigenvalue weighted by atomic mass is 10.1. The van der Waals surface area contributed by atoms with Gasteiger partial charge < -0.3 is 0 Å². The second-order valence-corrected chi connectivity index (χ2v) is 3.91. The summed E-state index contributed by atoms with van der Waals surface area (Å²) in [7, 11) is 0. The Kier molecular flexibility index (Phi) is 4.15. The first kappa shape index (κ1) is 13.1. The smallest absolute Gasteiger partial charge is 0.226 e. The summed E-state index contributed by atoms with van der Waals surface area (Å²) in [5.74, 6) is -1.08. The van der Waals surface area contributed by atoms with Crippen LogP contribution in [0.25, 0.3) is 0 Å². The predicted octanol–water partition coefficient (Wildman–Crippen LogP) is 1.57. The Labute approximate surface area is 100 Å². The highest BCUT2D eigenvalue weighted by molar-refractivity contribution is 6.03. The maximum Gasteiger partial charge on any atom is 0.226 e. The number of hydrogen-bond acceptors (Lipinski definition) is 3. The lowest BCUT2D eigenvalue weighted by molar-refractivity contribution is -0.141. The van der Waals surface area contributed by atoms with E-state index < -0.39 is 11.8 Å². The third kappa shape index (κ3) is 3.52. The van der Waals surface area contributed by atoms with E-state index in [0.717, 1.165) is 10.5 Å². The number of Topliss-reactive ketones (excluding diaryl/α,β-unsaturated/α-hetero) is 1. The zero-order chi connectivity index (χ0) is 13.0. The van der Waals surface area contributed by atoms with E-state index in [2.05, 4.69) is 0 Å². The van der Waals surface area contributed by atoms with E-state index in [-0.39, 0.29) is 12.3 Å². The predicted molar refractivity (Wildman–Crippen MR) is 63.6 cm³/mol. The van der Waals surface area contributed by atoms with E-state index >= 15 is 0 Å². The van der Waals surface area contributed by atoms with Gasteiger partial charge in [-0.3, -0.25) is 19.3 Å². The molecule has 0 aliphatic rings. The summed E-state index contributed by atoms with van der Waals surface area (Å²) in [5.41, 5.74) is 1.56. The molecule has 2 amide bonds. The lowest BCUT2D eigenvalue weighted by Gasteiger charge is -2.15. The molecule has 0 heterocycles. The fourth-order valence-corrected chi connectivity index (χ4v) is 1.42. The minimum Gasteiger partial charge on any atom is -0.292 e. The van der Waals surface area contributed by atoms with E-state index in [0.29, 0.717) is 5.56 Å². The van der Waals surface area contributed by atoms with Crippen molar-refractivity contribution in [2.24, 2.45) is 0 Å². The standard InChI is InChI=1S/C13H15NO3/c1-9-4-6-12(7-5-9)13(17)8-14(10(2)15)11(3)16/h4-7H,8H2,1-3H3. The van der Waals surface area contributed by atoms with Crippen molar-refractivity contribution in [3.05, 3.63) is 35.4 Å². The number of rotatable bonds is 3. The molecule has 0 spiro atoms. The fraction of sp³-hybridized carbons (Fsp3) is 0.308. The van der Waals surface area contributed by atoms with Crippen molar-refractivity contribution in [1.29, 1.82) is 0 Å². The zero-order valence-electron chi connectivity index (χ0n) is 10.2. The molecular formula is C13H15NO3. The van der Waals surface area contributed by atoms with Crippen molar-refractivity contribution in [2.45, 2.75) is 20.8 Å². The van der Waals surface area contributed by atoms with E-state index in [1.807, 2.05) is 19.1 Å². The first-order valence-electron chi connectivity index (χ1n) is 5.30. The van der Waals surface area contributed by atoms with Gasteiger partial charge in [-0.05, 0) is 6.92 Å². The number of hydrogen-bond donors (Lipinski definition) is 0. The van der Waals surface area contributed by atoms with E-state index in [1.54, 1.807) is 12.1 Å². The van der Waals surface area contributed by atoms with Crippen LogP contribution in [0.2, 0.25) is 0 Å². The average molecular weight is 233 g/mol. The minimum absolute atomic E-state index is 0.201. The van der Waals surface area contributed by atoms with Gasteiger partial charge in [0.05, 0.1) is 6.54 Å². The molecule has 0 fully saturated rings. The SMILES string of the molecule is CC(=O)N(CC(=O)c1ccc(C)cc1)C(C)=O. The van der Waals surface area contributed by atoms with Gasteiger partial charge in [0.25, 0.3) is 0 Å². The first-order chi connectivity index (χ1) is 7.91. The van der Waals surface area contributed by atoms with Crippen LogP contribution in [0.15, 0.2) is 24.3 Å². The second kappa shape index (κ2) is 5.39. The molecule has 0 aliphatic carbocycles. The van der Waals surface area contributed by atoms with Crippen LogP contribution in [0, 0.1) is 6.92 Å².